The number of para-hydroxylation sites is 2. The highest BCUT2D eigenvalue weighted by molar-refractivity contribution is 6.30. The zero-order valence-electron chi connectivity index (χ0n) is 14.6. The highest BCUT2D eigenvalue weighted by Gasteiger charge is 2.38. The maximum Gasteiger partial charge on any atom is 0.438 e. The SMILES string of the molecule is CC(C(=O)NCc1cccc(Cl)c1)n1c(=O)c(C(F)(F)F)nc2ccccc21. The second-order valence-corrected chi connectivity index (χ2v) is 6.58. The number of halogens is 4. The summed E-state index contributed by atoms with van der Waals surface area (Å²) < 4.78 is 40.5. The van der Waals surface area contributed by atoms with Gasteiger partial charge in [-0.25, -0.2) is 4.98 Å². The van der Waals surface area contributed by atoms with Gasteiger partial charge < -0.3 is 5.32 Å². The smallest absolute Gasteiger partial charge is 0.350 e. The predicted octanol–water partition coefficient (Wildman–Crippen LogP) is 3.95. The van der Waals surface area contributed by atoms with Crippen molar-refractivity contribution in [3.05, 3.63) is 75.2 Å². The number of alkyl halides is 3. The monoisotopic (exact) mass is 409 g/mol. The van der Waals surface area contributed by atoms with Crippen LogP contribution >= 0.6 is 11.6 Å². The summed E-state index contributed by atoms with van der Waals surface area (Å²) in [5.74, 6) is -0.605. The van der Waals surface area contributed by atoms with Crippen LogP contribution in [0.2, 0.25) is 5.02 Å². The molecule has 0 radical (unpaired) electrons. The maximum atomic E-state index is 13.2. The van der Waals surface area contributed by atoms with Crippen LogP contribution in [0.1, 0.15) is 24.2 Å². The molecule has 2 aromatic carbocycles. The van der Waals surface area contributed by atoms with Crippen LogP contribution in [0.4, 0.5) is 13.2 Å². The average Bonchev–Trinajstić information content (AvgIpc) is 2.64. The van der Waals surface area contributed by atoms with E-state index in [1.54, 1.807) is 30.3 Å². The Morgan fingerprint density at radius 3 is 2.61 bits per heavy atom. The number of hydrogen-bond donors (Lipinski definition) is 1. The number of hydrogen-bond acceptors (Lipinski definition) is 3. The van der Waals surface area contributed by atoms with Crippen LogP contribution in [-0.4, -0.2) is 15.5 Å². The third-order valence-electron chi connectivity index (χ3n) is 4.19. The second-order valence-electron chi connectivity index (χ2n) is 6.15. The van der Waals surface area contributed by atoms with Crippen molar-refractivity contribution in [3.8, 4) is 0 Å². The summed E-state index contributed by atoms with van der Waals surface area (Å²) in [5.41, 5.74) is -2.08. The molecule has 1 unspecified atom stereocenters. The number of carbonyl (C=O) groups excluding carboxylic acids is 1. The Labute approximate surface area is 162 Å². The fraction of sp³-hybridized carbons (Fsp3) is 0.211. The van der Waals surface area contributed by atoms with Crippen molar-refractivity contribution in [2.45, 2.75) is 25.7 Å². The summed E-state index contributed by atoms with van der Waals surface area (Å²) in [6.45, 7) is 1.48. The first-order chi connectivity index (χ1) is 13.2. The van der Waals surface area contributed by atoms with E-state index in [0.29, 0.717) is 5.02 Å². The summed E-state index contributed by atoms with van der Waals surface area (Å²) in [5, 5.41) is 3.11. The van der Waals surface area contributed by atoms with Crippen molar-refractivity contribution in [2.24, 2.45) is 0 Å². The number of nitrogens with one attached hydrogen (secondary N) is 1. The molecule has 0 aliphatic rings. The third kappa shape index (κ3) is 4.01. The Balaban J connectivity index is 1.98. The van der Waals surface area contributed by atoms with Gasteiger partial charge in [0.25, 0.3) is 5.56 Å². The Morgan fingerprint density at radius 2 is 1.93 bits per heavy atom. The second kappa shape index (κ2) is 7.63. The molecule has 3 aromatic rings. The van der Waals surface area contributed by atoms with E-state index in [1.807, 2.05) is 0 Å². The standard InChI is InChI=1S/C19H15ClF3N3O2/c1-11(17(27)24-10-12-5-4-6-13(20)9-12)26-15-8-3-2-7-14(15)25-16(18(26)28)19(21,22)23/h2-9,11H,10H2,1H3,(H,24,27). The lowest BCUT2D eigenvalue weighted by molar-refractivity contribution is -0.142. The van der Waals surface area contributed by atoms with E-state index in [-0.39, 0.29) is 17.6 Å². The number of nitrogens with zero attached hydrogens (tertiary/aromatic N) is 2. The Kier molecular flexibility index (Phi) is 5.42. The minimum absolute atomic E-state index is 0.0242. The van der Waals surface area contributed by atoms with Gasteiger partial charge >= 0.3 is 6.18 Å². The lowest BCUT2D eigenvalue weighted by Crippen LogP contribution is -2.38. The molecule has 0 fully saturated rings. The van der Waals surface area contributed by atoms with E-state index in [2.05, 4.69) is 10.3 Å². The molecule has 0 spiro atoms. The van der Waals surface area contributed by atoms with Crippen molar-refractivity contribution < 1.29 is 18.0 Å². The normalized spacial score (nSPS) is 12.8. The zero-order chi connectivity index (χ0) is 20.5. The Morgan fingerprint density at radius 1 is 1.21 bits per heavy atom. The molecule has 28 heavy (non-hydrogen) atoms. The summed E-state index contributed by atoms with van der Waals surface area (Å²) in [4.78, 5) is 28.5. The highest BCUT2D eigenvalue weighted by Crippen LogP contribution is 2.27. The van der Waals surface area contributed by atoms with Crippen molar-refractivity contribution in [2.75, 3.05) is 0 Å². The van der Waals surface area contributed by atoms with Crippen LogP contribution in [-0.2, 0) is 17.5 Å². The topological polar surface area (TPSA) is 64.0 Å². The van der Waals surface area contributed by atoms with Gasteiger partial charge in [0.2, 0.25) is 11.6 Å². The van der Waals surface area contributed by atoms with Crippen LogP contribution in [0.25, 0.3) is 11.0 Å². The number of benzene rings is 2. The lowest BCUT2D eigenvalue weighted by atomic mass is 10.2. The Hall–Kier alpha value is -2.87. The summed E-state index contributed by atoms with van der Waals surface area (Å²) >= 11 is 5.89. The summed E-state index contributed by atoms with van der Waals surface area (Å²) in [7, 11) is 0. The van der Waals surface area contributed by atoms with Crippen LogP contribution in [0.15, 0.2) is 53.3 Å². The van der Waals surface area contributed by atoms with Crippen molar-refractivity contribution in [3.63, 3.8) is 0 Å². The van der Waals surface area contributed by atoms with Gasteiger partial charge in [-0.3, -0.25) is 14.2 Å². The first kappa shape index (κ1) is 19.9. The minimum Gasteiger partial charge on any atom is -0.350 e. The van der Waals surface area contributed by atoms with Crippen molar-refractivity contribution in [1.29, 1.82) is 0 Å². The minimum atomic E-state index is -4.93. The van der Waals surface area contributed by atoms with Gasteiger partial charge in [0, 0.05) is 11.6 Å². The fourth-order valence-electron chi connectivity index (χ4n) is 2.82. The first-order valence-corrected chi connectivity index (χ1v) is 8.67. The van der Waals surface area contributed by atoms with Crippen LogP contribution in [0.5, 0.6) is 0 Å². The van der Waals surface area contributed by atoms with Gasteiger partial charge in [0.1, 0.15) is 6.04 Å². The first-order valence-electron chi connectivity index (χ1n) is 8.29. The molecule has 3 rings (SSSR count). The fourth-order valence-corrected chi connectivity index (χ4v) is 3.04. The third-order valence-corrected chi connectivity index (χ3v) is 4.42. The van der Waals surface area contributed by atoms with Gasteiger partial charge in [-0.1, -0.05) is 35.9 Å². The molecule has 1 N–H and O–H groups in total. The van der Waals surface area contributed by atoms with Gasteiger partial charge in [0.05, 0.1) is 11.0 Å². The van der Waals surface area contributed by atoms with Crippen LogP contribution in [0.3, 0.4) is 0 Å². The van der Waals surface area contributed by atoms with E-state index < -0.39 is 29.4 Å². The quantitative estimate of drug-likeness (QED) is 0.709. The summed E-state index contributed by atoms with van der Waals surface area (Å²) in [6.07, 6.45) is -4.93. The molecule has 0 aliphatic heterocycles. The highest BCUT2D eigenvalue weighted by atomic mass is 35.5. The molecule has 5 nitrogen and oxygen atoms in total. The molecular weight excluding hydrogens is 395 g/mol. The molecular formula is C19H15ClF3N3O2. The molecule has 1 amide bonds. The van der Waals surface area contributed by atoms with Crippen molar-refractivity contribution >= 4 is 28.5 Å². The van der Waals surface area contributed by atoms with E-state index >= 15 is 0 Å². The van der Waals surface area contributed by atoms with Gasteiger partial charge in [-0.05, 0) is 36.8 Å². The Bertz CT molecular complexity index is 1100. The van der Waals surface area contributed by atoms with Crippen molar-refractivity contribution in [1.82, 2.24) is 14.9 Å². The molecule has 1 aromatic heterocycles. The largest absolute Gasteiger partial charge is 0.438 e. The predicted molar refractivity (Wildman–Crippen MR) is 99.0 cm³/mol. The van der Waals surface area contributed by atoms with Gasteiger partial charge in [0.15, 0.2) is 0 Å². The number of amides is 1. The van der Waals surface area contributed by atoms with Gasteiger partial charge in [-0.2, -0.15) is 13.2 Å². The molecule has 0 saturated heterocycles. The molecule has 146 valence electrons. The van der Waals surface area contributed by atoms with E-state index in [9.17, 15) is 22.8 Å². The number of aromatic nitrogens is 2. The molecule has 0 bridgehead atoms. The maximum absolute atomic E-state index is 13.2. The lowest BCUT2D eigenvalue weighted by Gasteiger charge is -2.19. The van der Waals surface area contributed by atoms with E-state index in [1.165, 1.54) is 25.1 Å². The van der Waals surface area contributed by atoms with E-state index in [0.717, 1.165) is 10.1 Å². The zero-order valence-corrected chi connectivity index (χ0v) is 15.4. The molecule has 1 heterocycles. The molecule has 0 saturated carbocycles. The number of carbonyl (C=O) groups is 1. The van der Waals surface area contributed by atoms with Crippen LogP contribution < -0.4 is 10.9 Å². The molecule has 9 heteroatoms. The van der Waals surface area contributed by atoms with Crippen LogP contribution in [0, 0.1) is 0 Å². The summed E-state index contributed by atoms with van der Waals surface area (Å²) in [6, 6.07) is 11.5. The van der Waals surface area contributed by atoms with E-state index in [4.69, 9.17) is 11.6 Å². The number of rotatable bonds is 4. The molecule has 1 atom stereocenters. The number of fused-ring (bicyclic) bond motifs is 1. The van der Waals surface area contributed by atoms with Gasteiger partial charge in [-0.15, -0.1) is 0 Å². The molecule has 0 aliphatic carbocycles. The average molecular weight is 410 g/mol.